The number of phenolic OH excluding ortho intramolecular Hbond substituents is 1. The van der Waals surface area contributed by atoms with Crippen LogP contribution >= 0.6 is 11.6 Å². The highest BCUT2D eigenvalue weighted by molar-refractivity contribution is 7.92. The third-order valence-corrected chi connectivity index (χ3v) is 3.50. The molecule has 84 valence electrons. The van der Waals surface area contributed by atoms with E-state index in [1.54, 1.807) is 6.92 Å². The smallest absolute Gasteiger partial charge is 0.232 e. The molecule has 15 heavy (non-hydrogen) atoms. The quantitative estimate of drug-likeness (QED) is 0.860. The minimum absolute atomic E-state index is 0.0520. The average Bonchev–Trinajstić information content (AvgIpc) is 2.10. The first kappa shape index (κ1) is 12.1. The zero-order valence-corrected chi connectivity index (χ0v) is 9.77. The van der Waals surface area contributed by atoms with Crippen molar-refractivity contribution in [3.05, 3.63) is 23.2 Å². The minimum Gasteiger partial charge on any atom is -0.506 e. The summed E-state index contributed by atoms with van der Waals surface area (Å²) in [6, 6.07) is 4.20. The summed E-state index contributed by atoms with van der Waals surface area (Å²) >= 11 is 5.59. The Morgan fingerprint density at radius 2 is 2.13 bits per heavy atom. The molecule has 0 bridgehead atoms. The van der Waals surface area contributed by atoms with Crippen LogP contribution in [-0.4, -0.2) is 19.3 Å². The number of hydrogen-bond acceptors (Lipinski definition) is 3. The monoisotopic (exact) mass is 249 g/mol. The average molecular weight is 250 g/mol. The summed E-state index contributed by atoms with van der Waals surface area (Å²) in [5.74, 6) is -0.0931. The zero-order chi connectivity index (χ0) is 11.5. The van der Waals surface area contributed by atoms with Crippen molar-refractivity contribution in [1.29, 1.82) is 0 Å². The van der Waals surface area contributed by atoms with Gasteiger partial charge in [0, 0.05) is 6.07 Å². The van der Waals surface area contributed by atoms with E-state index >= 15 is 0 Å². The number of nitrogens with one attached hydrogen (secondary N) is 1. The van der Waals surface area contributed by atoms with Crippen LogP contribution in [0.4, 0.5) is 5.69 Å². The SMILES string of the molecule is CCCS(=O)(=O)Nc1ccc(Cl)c(O)c1. The molecule has 1 rings (SSSR count). The molecule has 0 saturated carbocycles. The molecule has 0 unspecified atom stereocenters. The van der Waals surface area contributed by atoms with Gasteiger partial charge in [0.1, 0.15) is 5.75 Å². The first-order valence-electron chi connectivity index (χ1n) is 4.43. The number of rotatable bonds is 4. The molecule has 0 aliphatic heterocycles. The van der Waals surface area contributed by atoms with E-state index in [2.05, 4.69) is 4.72 Å². The van der Waals surface area contributed by atoms with Gasteiger partial charge in [-0.15, -0.1) is 0 Å². The molecule has 0 spiro atoms. The van der Waals surface area contributed by atoms with Gasteiger partial charge in [-0.05, 0) is 18.6 Å². The number of hydrogen-bond donors (Lipinski definition) is 2. The molecule has 0 atom stereocenters. The van der Waals surface area contributed by atoms with Gasteiger partial charge in [-0.3, -0.25) is 4.72 Å². The second-order valence-corrected chi connectivity index (χ2v) is 5.34. The maximum Gasteiger partial charge on any atom is 0.232 e. The summed E-state index contributed by atoms with van der Waals surface area (Å²) in [7, 11) is -3.32. The van der Waals surface area contributed by atoms with Crippen molar-refractivity contribution in [3.63, 3.8) is 0 Å². The molecule has 6 heteroatoms. The number of halogens is 1. The van der Waals surface area contributed by atoms with Crippen molar-refractivity contribution in [2.45, 2.75) is 13.3 Å². The predicted molar refractivity (Wildman–Crippen MR) is 60.8 cm³/mol. The van der Waals surface area contributed by atoms with E-state index in [1.165, 1.54) is 18.2 Å². The van der Waals surface area contributed by atoms with Crippen LogP contribution in [0.2, 0.25) is 5.02 Å². The van der Waals surface area contributed by atoms with E-state index < -0.39 is 10.0 Å². The fourth-order valence-electron chi connectivity index (χ4n) is 1.08. The normalized spacial score (nSPS) is 11.3. The highest BCUT2D eigenvalue weighted by Gasteiger charge is 2.09. The first-order chi connectivity index (χ1) is 6.94. The van der Waals surface area contributed by atoms with Gasteiger partial charge in [0.15, 0.2) is 0 Å². The highest BCUT2D eigenvalue weighted by atomic mass is 35.5. The molecule has 0 amide bonds. The molecular weight excluding hydrogens is 238 g/mol. The van der Waals surface area contributed by atoms with E-state index in [9.17, 15) is 13.5 Å². The van der Waals surface area contributed by atoms with E-state index in [-0.39, 0.29) is 16.5 Å². The Labute approximate surface area is 93.9 Å². The van der Waals surface area contributed by atoms with E-state index in [0.29, 0.717) is 12.1 Å². The minimum atomic E-state index is -3.32. The van der Waals surface area contributed by atoms with Crippen molar-refractivity contribution in [2.24, 2.45) is 0 Å². The second-order valence-electron chi connectivity index (χ2n) is 3.09. The number of sulfonamides is 1. The van der Waals surface area contributed by atoms with E-state index in [0.717, 1.165) is 0 Å². The summed E-state index contributed by atoms with van der Waals surface area (Å²) in [5, 5.41) is 9.45. The summed E-state index contributed by atoms with van der Waals surface area (Å²) in [5.41, 5.74) is 0.311. The van der Waals surface area contributed by atoms with Crippen LogP contribution in [0.1, 0.15) is 13.3 Å². The molecule has 0 saturated heterocycles. The Hall–Kier alpha value is -0.940. The van der Waals surface area contributed by atoms with E-state index in [4.69, 9.17) is 11.6 Å². The van der Waals surface area contributed by atoms with Crippen LogP contribution in [-0.2, 0) is 10.0 Å². The third kappa shape index (κ3) is 3.60. The fraction of sp³-hybridized carbons (Fsp3) is 0.333. The molecule has 2 N–H and O–H groups in total. The van der Waals surface area contributed by atoms with E-state index in [1.807, 2.05) is 0 Å². The highest BCUT2D eigenvalue weighted by Crippen LogP contribution is 2.26. The Kier molecular flexibility index (Phi) is 3.82. The Morgan fingerprint density at radius 1 is 1.47 bits per heavy atom. The molecule has 0 radical (unpaired) electrons. The topological polar surface area (TPSA) is 66.4 Å². The van der Waals surface area contributed by atoms with Crippen LogP contribution in [0.25, 0.3) is 0 Å². The molecule has 1 aromatic carbocycles. The van der Waals surface area contributed by atoms with Crippen LogP contribution in [0.3, 0.4) is 0 Å². The predicted octanol–water partition coefficient (Wildman–Crippen LogP) is 2.20. The van der Waals surface area contributed by atoms with Gasteiger partial charge in [0.05, 0.1) is 16.5 Å². The first-order valence-corrected chi connectivity index (χ1v) is 6.46. The lowest BCUT2D eigenvalue weighted by atomic mass is 10.3. The summed E-state index contributed by atoms with van der Waals surface area (Å²) in [6.45, 7) is 1.78. The van der Waals surface area contributed by atoms with Gasteiger partial charge >= 0.3 is 0 Å². The lowest BCUT2D eigenvalue weighted by Crippen LogP contribution is -2.15. The standard InChI is InChI=1S/C9H12ClNO3S/c1-2-5-15(13,14)11-7-3-4-8(10)9(12)6-7/h3-4,6,11-12H,2,5H2,1H3. The summed E-state index contributed by atoms with van der Waals surface area (Å²) in [6.07, 6.45) is 0.537. The largest absolute Gasteiger partial charge is 0.506 e. The Bertz CT molecular complexity index is 445. The molecule has 0 aromatic heterocycles. The van der Waals surface area contributed by atoms with Crippen LogP contribution < -0.4 is 4.72 Å². The Morgan fingerprint density at radius 3 is 2.67 bits per heavy atom. The van der Waals surface area contributed by atoms with Crippen molar-refractivity contribution in [2.75, 3.05) is 10.5 Å². The fourth-order valence-corrected chi connectivity index (χ4v) is 2.32. The maximum absolute atomic E-state index is 11.4. The lowest BCUT2D eigenvalue weighted by Gasteiger charge is -2.07. The molecule has 0 aliphatic carbocycles. The number of benzene rings is 1. The van der Waals surface area contributed by atoms with Crippen molar-refractivity contribution >= 4 is 27.3 Å². The van der Waals surface area contributed by atoms with Gasteiger partial charge in [0.25, 0.3) is 0 Å². The molecule has 4 nitrogen and oxygen atoms in total. The van der Waals surface area contributed by atoms with Gasteiger partial charge in [-0.1, -0.05) is 18.5 Å². The summed E-state index contributed by atoms with van der Waals surface area (Å²) in [4.78, 5) is 0. The molecular formula is C9H12ClNO3S. The van der Waals surface area contributed by atoms with Crippen molar-refractivity contribution < 1.29 is 13.5 Å². The van der Waals surface area contributed by atoms with Gasteiger partial charge in [-0.2, -0.15) is 0 Å². The second kappa shape index (κ2) is 4.72. The van der Waals surface area contributed by atoms with Crippen LogP contribution in [0.5, 0.6) is 5.75 Å². The number of phenols is 1. The molecule has 1 aromatic rings. The maximum atomic E-state index is 11.4. The van der Waals surface area contributed by atoms with Crippen LogP contribution in [0.15, 0.2) is 18.2 Å². The molecule has 0 aliphatic rings. The van der Waals surface area contributed by atoms with Gasteiger partial charge in [-0.25, -0.2) is 8.42 Å². The Balaban J connectivity index is 2.86. The molecule has 0 heterocycles. The van der Waals surface area contributed by atoms with Gasteiger partial charge < -0.3 is 5.11 Å². The van der Waals surface area contributed by atoms with Crippen LogP contribution in [0, 0.1) is 0 Å². The number of aromatic hydroxyl groups is 1. The lowest BCUT2D eigenvalue weighted by molar-refractivity contribution is 0.476. The zero-order valence-electron chi connectivity index (χ0n) is 8.20. The number of anilines is 1. The third-order valence-electron chi connectivity index (χ3n) is 1.69. The van der Waals surface area contributed by atoms with Crippen molar-refractivity contribution in [3.8, 4) is 5.75 Å². The van der Waals surface area contributed by atoms with Crippen molar-refractivity contribution in [1.82, 2.24) is 0 Å². The summed E-state index contributed by atoms with van der Waals surface area (Å²) < 4.78 is 25.1. The molecule has 0 fully saturated rings. The van der Waals surface area contributed by atoms with Gasteiger partial charge in [0.2, 0.25) is 10.0 Å².